The Morgan fingerprint density at radius 3 is 2.32 bits per heavy atom. The second kappa shape index (κ2) is 10.5. The Kier molecular flexibility index (Phi) is 8.05. The molecule has 0 saturated heterocycles. The molecular formula is C19H20FN5O5S. The molecule has 0 aliphatic heterocycles. The predicted octanol–water partition coefficient (Wildman–Crippen LogP) is 1.49. The second-order valence-electron chi connectivity index (χ2n) is 7.07. The summed E-state index contributed by atoms with van der Waals surface area (Å²) >= 11 is -0.750. The van der Waals surface area contributed by atoms with Gasteiger partial charge in [-0.15, -0.1) is 0 Å². The highest BCUT2D eigenvalue weighted by Gasteiger charge is 2.27. The van der Waals surface area contributed by atoms with E-state index in [2.05, 4.69) is 10.2 Å². The average molecular weight is 449 g/mol. The molecule has 0 atom stereocenters. The van der Waals surface area contributed by atoms with Crippen LogP contribution >= 0.6 is 0 Å². The minimum absolute atomic E-state index is 0.139. The summed E-state index contributed by atoms with van der Waals surface area (Å²) in [5.41, 5.74) is 1.78. The monoisotopic (exact) mass is 449 g/mol. The SMILES string of the molecule is CC(C)(CCn1cc(F)c(-c2ccc(-n3nccn3)cc2)cc1=O)C(=O)NO.O=S=O. The zero-order valence-corrected chi connectivity index (χ0v) is 17.5. The predicted molar refractivity (Wildman–Crippen MR) is 108 cm³/mol. The van der Waals surface area contributed by atoms with Gasteiger partial charge in [0, 0.05) is 29.8 Å². The molecule has 3 aromatic rings. The molecule has 2 N–H and O–H groups in total. The Morgan fingerprint density at radius 1 is 1.19 bits per heavy atom. The molecule has 3 rings (SSSR count). The van der Waals surface area contributed by atoms with Crippen LogP contribution in [0, 0.1) is 11.2 Å². The molecule has 1 amide bonds. The number of carbonyl (C=O) groups excluding carboxylic acids is 1. The first-order chi connectivity index (χ1) is 14.7. The van der Waals surface area contributed by atoms with Crippen LogP contribution in [0.2, 0.25) is 0 Å². The van der Waals surface area contributed by atoms with E-state index >= 15 is 0 Å². The van der Waals surface area contributed by atoms with Crippen LogP contribution in [0.5, 0.6) is 0 Å². The van der Waals surface area contributed by atoms with Crippen LogP contribution in [0.25, 0.3) is 16.8 Å². The minimum Gasteiger partial charge on any atom is -0.313 e. The molecule has 31 heavy (non-hydrogen) atoms. The molecule has 0 radical (unpaired) electrons. The normalized spacial score (nSPS) is 10.7. The molecule has 12 heteroatoms. The number of pyridine rings is 1. The van der Waals surface area contributed by atoms with E-state index in [0.717, 1.165) is 6.20 Å². The Morgan fingerprint density at radius 2 is 1.77 bits per heavy atom. The van der Waals surface area contributed by atoms with Crippen molar-refractivity contribution in [3.05, 3.63) is 65.1 Å². The summed E-state index contributed by atoms with van der Waals surface area (Å²) in [6, 6.07) is 8.08. The number of aromatic nitrogens is 4. The average Bonchev–Trinajstić information content (AvgIpc) is 3.29. The first-order valence-electron chi connectivity index (χ1n) is 8.97. The topological polar surface area (TPSA) is 136 Å². The fourth-order valence-electron chi connectivity index (χ4n) is 2.73. The van der Waals surface area contributed by atoms with Crippen molar-refractivity contribution in [3.8, 4) is 16.8 Å². The molecule has 2 aromatic heterocycles. The fraction of sp³-hybridized carbons (Fsp3) is 0.263. The van der Waals surface area contributed by atoms with Crippen molar-refractivity contribution in [1.29, 1.82) is 0 Å². The Balaban J connectivity index is 0.00000107. The molecule has 0 unspecified atom stereocenters. The van der Waals surface area contributed by atoms with E-state index in [-0.39, 0.29) is 24.1 Å². The Hall–Kier alpha value is -3.51. The van der Waals surface area contributed by atoms with Crippen LogP contribution in [-0.2, 0) is 22.9 Å². The maximum absolute atomic E-state index is 14.6. The summed E-state index contributed by atoms with van der Waals surface area (Å²) in [5, 5.41) is 16.8. The van der Waals surface area contributed by atoms with Crippen molar-refractivity contribution in [3.63, 3.8) is 0 Å². The van der Waals surface area contributed by atoms with E-state index in [1.54, 1.807) is 56.0 Å². The summed E-state index contributed by atoms with van der Waals surface area (Å²) in [5.74, 6) is -1.11. The van der Waals surface area contributed by atoms with E-state index in [0.29, 0.717) is 11.3 Å². The lowest BCUT2D eigenvalue weighted by Crippen LogP contribution is -2.36. The van der Waals surface area contributed by atoms with Gasteiger partial charge in [-0.05, 0) is 24.1 Å². The van der Waals surface area contributed by atoms with E-state index < -0.39 is 28.7 Å². The zero-order valence-electron chi connectivity index (χ0n) is 16.7. The standard InChI is InChI=1S/C19H20FN5O3.O2S/c1-19(2,18(27)23-28)7-10-24-12-16(20)15(11-17(24)26)13-3-5-14(6-4-13)25-21-8-9-22-25;1-3-2/h3-6,8-9,11-12,28H,7,10H2,1-2H3,(H,23,27);. The number of hydrogen-bond donors (Lipinski definition) is 2. The van der Waals surface area contributed by atoms with Crippen LogP contribution in [0.15, 0.2) is 53.7 Å². The van der Waals surface area contributed by atoms with Crippen molar-refractivity contribution in [2.45, 2.75) is 26.8 Å². The number of benzene rings is 1. The number of hydrogen-bond acceptors (Lipinski definition) is 7. The molecule has 2 heterocycles. The molecule has 0 fully saturated rings. The number of nitrogens with one attached hydrogen (secondary N) is 1. The molecule has 164 valence electrons. The number of hydroxylamine groups is 1. The lowest BCUT2D eigenvalue weighted by Gasteiger charge is -2.22. The molecule has 0 saturated carbocycles. The van der Waals surface area contributed by atoms with Gasteiger partial charge in [0.25, 0.3) is 5.56 Å². The fourth-order valence-corrected chi connectivity index (χ4v) is 2.73. The van der Waals surface area contributed by atoms with Crippen LogP contribution < -0.4 is 11.0 Å². The van der Waals surface area contributed by atoms with Crippen LogP contribution in [0.4, 0.5) is 4.39 Å². The third kappa shape index (κ3) is 5.99. The summed E-state index contributed by atoms with van der Waals surface area (Å²) in [7, 11) is 0. The first-order valence-corrected chi connectivity index (χ1v) is 9.63. The minimum atomic E-state index is -0.903. The number of nitrogens with zero attached hydrogens (tertiary/aromatic N) is 4. The smallest absolute Gasteiger partial charge is 0.313 e. The van der Waals surface area contributed by atoms with Gasteiger partial charge in [-0.25, -0.2) is 9.87 Å². The van der Waals surface area contributed by atoms with Crippen LogP contribution in [-0.4, -0.2) is 39.1 Å². The number of aryl methyl sites for hydroxylation is 1. The largest absolute Gasteiger partial charge is 0.335 e. The second-order valence-corrected chi connectivity index (χ2v) is 7.21. The van der Waals surface area contributed by atoms with Crippen molar-refractivity contribution < 1.29 is 22.8 Å². The molecule has 1 aromatic carbocycles. The molecule has 10 nitrogen and oxygen atoms in total. The lowest BCUT2D eigenvalue weighted by atomic mass is 9.88. The summed E-state index contributed by atoms with van der Waals surface area (Å²) in [6.45, 7) is 3.40. The Bertz CT molecular complexity index is 1120. The van der Waals surface area contributed by atoms with Gasteiger partial charge in [0.2, 0.25) is 5.91 Å². The zero-order chi connectivity index (χ0) is 23.0. The summed E-state index contributed by atoms with van der Waals surface area (Å²) < 4.78 is 32.4. The van der Waals surface area contributed by atoms with E-state index in [4.69, 9.17) is 13.6 Å². The number of halogens is 1. The number of rotatable bonds is 6. The quantitative estimate of drug-likeness (QED) is 0.430. The van der Waals surface area contributed by atoms with Gasteiger partial charge in [-0.2, -0.15) is 23.4 Å². The van der Waals surface area contributed by atoms with E-state index in [9.17, 15) is 14.0 Å². The maximum Gasteiger partial charge on any atom is 0.335 e. The Labute approximate surface area is 179 Å². The molecule has 0 aliphatic carbocycles. The maximum atomic E-state index is 14.6. The van der Waals surface area contributed by atoms with Crippen molar-refractivity contribution in [2.24, 2.45) is 5.41 Å². The van der Waals surface area contributed by atoms with Gasteiger partial charge in [0.1, 0.15) is 5.82 Å². The van der Waals surface area contributed by atoms with E-state index in [1.807, 2.05) is 0 Å². The highest BCUT2D eigenvalue weighted by Crippen LogP contribution is 2.24. The van der Waals surface area contributed by atoms with Crippen LogP contribution in [0.3, 0.4) is 0 Å². The summed E-state index contributed by atoms with van der Waals surface area (Å²) in [4.78, 5) is 25.5. The summed E-state index contributed by atoms with van der Waals surface area (Å²) in [6.07, 6.45) is 4.49. The van der Waals surface area contributed by atoms with Gasteiger partial charge in [0.05, 0.1) is 18.1 Å². The molecule has 0 spiro atoms. The van der Waals surface area contributed by atoms with Crippen molar-refractivity contribution in [1.82, 2.24) is 25.0 Å². The highest BCUT2D eigenvalue weighted by atomic mass is 32.1. The third-order valence-electron chi connectivity index (χ3n) is 4.60. The van der Waals surface area contributed by atoms with Crippen molar-refractivity contribution >= 4 is 17.5 Å². The third-order valence-corrected chi connectivity index (χ3v) is 4.60. The van der Waals surface area contributed by atoms with Gasteiger partial charge in [-0.3, -0.25) is 14.8 Å². The van der Waals surface area contributed by atoms with Crippen molar-refractivity contribution in [2.75, 3.05) is 0 Å². The highest BCUT2D eigenvalue weighted by molar-refractivity contribution is 7.51. The van der Waals surface area contributed by atoms with Crippen LogP contribution in [0.1, 0.15) is 20.3 Å². The molecular weight excluding hydrogens is 429 g/mol. The molecule has 0 bridgehead atoms. The number of amides is 1. The van der Waals surface area contributed by atoms with Gasteiger partial charge in [0.15, 0.2) is 0 Å². The van der Waals surface area contributed by atoms with Gasteiger partial charge < -0.3 is 4.57 Å². The van der Waals surface area contributed by atoms with Gasteiger partial charge in [-0.1, -0.05) is 26.0 Å². The van der Waals surface area contributed by atoms with E-state index in [1.165, 1.54) is 15.4 Å². The van der Waals surface area contributed by atoms with Gasteiger partial charge >= 0.3 is 11.6 Å². The number of carbonyl (C=O) groups is 1. The molecule has 0 aliphatic rings. The first kappa shape index (κ1) is 23.8. The lowest BCUT2D eigenvalue weighted by molar-refractivity contribution is -0.138.